The molecule has 0 radical (unpaired) electrons. The fraction of sp³-hybridized carbons (Fsp3) is 0.636. The van der Waals surface area contributed by atoms with Crippen LogP contribution in [0.15, 0.2) is 18.7 Å². The van der Waals surface area contributed by atoms with Gasteiger partial charge in [0.05, 0.1) is 0 Å². The minimum Gasteiger partial charge on any atom is -0.312 e. The largest absolute Gasteiger partial charge is 0.312 e. The van der Waals surface area contributed by atoms with Crippen molar-refractivity contribution in [2.45, 2.75) is 26.3 Å². The molecular weight excluding hydrogens is 174 g/mol. The SMILES string of the molecule is CC(CNCc1cncnc1)C1CC1. The fourth-order valence-electron chi connectivity index (χ4n) is 1.70. The summed E-state index contributed by atoms with van der Waals surface area (Å²) in [5.41, 5.74) is 1.16. The van der Waals surface area contributed by atoms with E-state index < -0.39 is 0 Å². The van der Waals surface area contributed by atoms with Crippen LogP contribution in [0.1, 0.15) is 25.3 Å². The van der Waals surface area contributed by atoms with E-state index in [0.29, 0.717) is 0 Å². The van der Waals surface area contributed by atoms with Crippen molar-refractivity contribution in [3.8, 4) is 0 Å². The van der Waals surface area contributed by atoms with Crippen molar-refractivity contribution >= 4 is 0 Å². The maximum atomic E-state index is 3.98. The van der Waals surface area contributed by atoms with Gasteiger partial charge in [-0.15, -0.1) is 0 Å². The average molecular weight is 191 g/mol. The second kappa shape index (κ2) is 4.51. The van der Waals surface area contributed by atoms with E-state index in [1.807, 2.05) is 12.4 Å². The van der Waals surface area contributed by atoms with Gasteiger partial charge >= 0.3 is 0 Å². The van der Waals surface area contributed by atoms with Gasteiger partial charge in [-0.1, -0.05) is 6.92 Å². The Bertz CT molecular complexity index is 269. The smallest absolute Gasteiger partial charge is 0.115 e. The molecule has 0 bridgehead atoms. The van der Waals surface area contributed by atoms with Gasteiger partial charge in [0, 0.05) is 24.5 Å². The molecule has 0 saturated heterocycles. The Morgan fingerprint density at radius 3 is 2.79 bits per heavy atom. The molecule has 3 heteroatoms. The summed E-state index contributed by atoms with van der Waals surface area (Å²) in [4.78, 5) is 7.96. The summed E-state index contributed by atoms with van der Waals surface area (Å²) < 4.78 is 0. The Kier molecular flexibility index (Phi) is 3.09. The molecule has 0 spiro atoms. The van der Waals surface area contributed by atoms with Gasteiger partial charge in [-0.3, -0.25) is 0 Å². The maximum Gasteiger partial charge on any atom is 0.115 e. The molecule has 1 atom stereocenters. The lowest BCUT2D eigenvalue weighted by atomic mass is 10.1. The van der Waals surface area contributed by atoms with Gasteiger partial charge < -0.3 is 5.32 Å². The topological polar surface area (TPSA) is 37.8 Å². The Morgan fingerprint density at radius 2 is 2.14 bits per heavy atom. The number of rotatable bonds is 5. The molecule has 1 fully saturated rings. The van der Waals surface area contributed by atoms with Crippen LogP contribution in [0.4, 0.5) is 0 Å². The highest BCUT2D eigenvalue weighted by molar-refractivity contribution is 5.01. The highest BCUT2D eigenvalue weighted by atomic mass is 14.9. The first kappa shape index (κ1) is 9.59. The van der Waals surface area contributed by atoms with E-state index in [4.69, 9.17) is 0 Å². The van der Waals surface area contributed by atoms with Crippen molar-refractivity contribution in [2.75, 3.05) is 6.54 Å². The predicted molar refractivity (Wildman–Crippen MR) is 55.6 cm³/mol. The van der Waals surface area contributed by atoms with Crippen LogP contribution in [0.5, 0.6) is 0 Å². The van der Waals surface area contributed by atoms with Crippen LogP contribution in [0.2, 0.25) is 0 Å². The second-order valence-corrected chi connectivity index (χ2v) is 4.19. The summed E-state index contributed by atoms with van der Waals surface area (Å²) in [7, 11) is 0. The lowest BCUT2D eigenvalue weighted by Gasteiger charge is -2.10. The predicted octanol–water partition coefficient (Wildman–Crippen LogP) is 1.61. The molecule has 0 aliphatic heterocycles. The third kappa shape index (κ3) is 2.77. The quantitative estimate of drug-likeness (QED) is 0.768. The van der Waals surface area contributed by atoms with Crippen molar-refractivity contribution in [3.63, 3.8) is 0 Å². The van der Waals surface area contributed by atoms with Gasteiger partial charge in [-0.05, 0) is 31.2 Å². The average Bonchev–Trinajstić information content (AvgIpc) is 3.02. The molecule has 1 heterocycles. The highest BCUT2D eigenvalue weighted by Gasteiger charge is 2.27. The first-order chi connectivity index (χ1) is 6.86. The highest BCUT2D eigenvalue weighted by Crippen LogP contribution is 2.36. The number of nitrogens with zero attached hydrogens (tertiary/aromatic N) is 2. The van der Waals surface area contributed by atoms with Gasteiger partial charge in [0.15, 0.2) is 0 Å². The lowest BCUT2D eigenvalue weighted by Crippen LogP contribution is -2.21. The van der Waals surface area contributed by atoms with E-state index in [0.717, 1.165) is 30.5 Å². The third-order valence-corrected chi connectivity index (χ3v) is 2.84. The van der Waals surface area contributed by atoms with Crippen LogP contribution in [-0.4, -0.2) is 16.5 Å². The Hall–Kier alpha value is -0.960. The van der Waals surface area contributed by atoms with Crippen LogP contribution in [-0.2, 0) is 6.54 Å². The third-order valence-electron chi connectivity index (χ3n) is 2.84. The van der Waals surface area contributed by atoms with Crippen LogP contribution in [0.25, 0.3) is 0 Å². The molecule has 1 aromatic rings. The lowest BCUT2D eigenvalue weighted by molar-refractivity contribution is 0.461. The van der Waals surface area contributed by atoms with Crippen molar-refractivity contribution in [2.24, 2.45) is 11.8 Å². The first-order valence-electron chi connectivity index (χ1n) is 5.31. The molecule has 1 aliphatic rings. The van der Waals surface area contributed by atoms with Gasteiger partial charge in [0.25, 0.3) is 0 Å². The second-order valence-electron chi connectivity index (χ2n) is 4.19. The minimum absolute atomic E-state index is 0.819. The maximum absolute atomic E-state index is 3.98. The van der Waals surface area contributed by atoms with Crippen LogP contribution in [0.3, 0.4) is 0 Å². The van der Waals surface area contributed by atoms with E-state index >= 15 is 0 Å². The Morgan fingerprint density at radius 1 is 1.43 bits per heavy atom. The number of aromatic nitrogens is 2. The zero-order valence-electron chi connectivity index (χ0n) is 8.61. The van der Waals surface area contributed by atoms with Gasteiger partial charge in [-0.25, -0.2) is 9.97 Å². The zero-order chi connectivity index (χ0) is 9.80. The monoisotopic (exact) mass is 191 g/mol. The van der Waals surface area contributed by atoms with Crippen molar-refractivity contribution < 1.29 is 0 Å². The molecule has 76 valence electrons. The van der Waals surface area contributed by atoms with Crippen molar-refractivity contribution in [3.05, 3.63) is 24.3 Å². The number of nitrogens with one attached hydrogen (secondary N) is 1. The molecule has 1 aliphatic carbocycles. The first-order valence-corrected chi connectivity index (χ1v) is 5.31. The summed E-state index contributed by atoms with van der Waals surface area (Å²) in [6, 6.07) is 0. The molecule has 0 aromatic carbocycles. The van der Waals surface area contributed by atoms with E-state index in [-0.39, 0.29) is 0 Å². The van der Waals surface area contributed by atoms with E-state index in [1.165, 1.54) is 12.8 Å². The van der Waals surface area contributed by atoms with E-state index in [1.54, 1.807) is 6.33 Å². The summed E-state index contributed by atoms with van der Waals surface area (Å²) in [5, 5.41) is 3.44. The Labute approximate surface area is 85.0 Å². The van der Waals surface area contributed by atoms with Gasteiger partial charge in [-0.2, -0.15) is 0 Å². The molecule has 1 N–H and O–H groups in total. The van der Waals surface area contributed by atoms with Gasteiger partial charge in [0.1, 0.15) is 6.33 Å². The van der Waals surface area contributed by atoms with Crippen molar-refractivity contribution in [1.82, 2.24) is 15.3 Å². The van der Waals surface area contributed by atoms with E-state index in [2.05, 4.69) is 22.2 Å². The standard InChI is InChI=1S/C11H17N3/c1-9(11-2-3-11)4-12-5-10-6-13-8-14-7-10/h6-9,11-12H,2-5H2,1H3. The number of hydrogen-bond donors (Lipinski definition) is 1. The molecule has 1 aromatic heterocycles. The summed E-state index contributed by atoms with van der Waals surface area (Å²) in [6.45, 7) is 4.32. The van der Waals surface area contributed by atoms with Crippen molar-refractivity contribution in [1.29, 1.82) is 0 Å². The van der Waals surface area contributed by atoms with E-state index in [9.17, 15) is 0 Å². The summed E-state index contributed by atoms with van der Waals surface area (Å²) in [5.74, 6) is 1.80. The van der Waals surface area contributed by atoms with Crippen LogP contribution < -0.4 is 5.32 Å². The summed E-state index contributed by atoms with van der Waals surface area (Å²) >= 11 is 0. The molecule has 3 nitrogen and oxygen atoms in total. The summed E-state index contributed by atoms with van der Waals surface area (Å²) in [6.07, 6.45) is 8.15. The number of hydrogen-bond acceptors (Lipinski definition) is 3. The van der Waals surface area contributed by atoms with Crippen LogP contribution in [0, 0.1) is 11.8 Å². The molecular formula is C11H17N3. The van der Waals surface area contributed by atoms with Gasteiger partial charge in [0.2, 0.25) is 0 Å². The molecule has 2 rings (SSSR count). The molecule has 14 heavy (non-hydrogen) atoms. The Balaban J connectivity index is 1.67. The fourth-order valence-corrected chi connectivity index (χ4v) is 1.70. The molecule has 0 amide bonds. The normalized spacial score (nSPS) is 18.1. The minimum atomic E-state index is 0.819. The molecule has 1 saturated carbocycles. The molecule has 1 unspecified atom stereocenters. The zero-order valence-corrected chi connectivity index (χ0v) is 8.61. The van der Waals surface area contributed by atoms with Crippen LogP contribution >= 0.6 is 0 Å².